The number of carbonyl (C=O) groups excluding carboxylic acids is 1. The van der Waals surface area contributed by atoms with E-state index in [0.29, 0.717) is 0 Å². The van der Waals surface area contributed by atoms with Gasteiger partial charge in [-0.15, -0.1) is 0 Å². The van der Waals surface area contributed by atoms with Gasteiger partial charge in [-0.2, -0.15) is 0 Å². The van der Waals surface area contributed by atoms with E-state index >= 15 is 0 Å². The number of hydrogen-bond donors (Lipinski definition) is 2. The number of ether oxygens (including phenoxy) is 1. The van der Waals surface area contributed by atoms with Crippen LogP contribution in [0.4, 0.5) is 8.78 Å². The Kier molecular flexibility index (Phi) is 5.40. The number of primary sulfonamides is 1. The molecule has 6 nitrogen and oxygen atoms in total. The number of alkyl halides is 1. The minimum atomic E-state index is -4.25. The van der Waals surface area contributed by atoms with E-state index in [-0.39, 0.29) is 18.5 Å². The molecule has 0 radical (unpaired) electrons. The van der Waals surface area contributed by atoms with Crippen LogP contribution in [-0.4, -0.2) is 34.7 Å². The summed E-state index contributed by atoms with van der Waals surface area (Å²) in [6.07, 6.45) is 0.104. The second-order valence-corrected chi connectivity index (χ2v) is 5.36. The number of nitrogens with one attached hydrogen (secondary N) is 1. The number of nitrogens with two attached hydrogens (primary N) is 1. The lowest BCUT2D eigenvalue weighted by atomic mass is 10.2. The summed E-state index contributed by atoms with van der Waals surface area (Å²) in [5.41, 5.74) is -0.244. The van der Waals surface area contributed by atoms with Gasteiger partial charge in [-0.1, -0.05) is 0 Å². The Hall–Kier alpha value is -1.74. The highest BCUT2D eigenvalue weighted by Gasteiger charge is 2.22. The normalized spacial score (nSPS) is 11.2. The average molecular weight is 308 g/mol. The number of sulfonamides is 1. The number of benzene rings is 1. The zero-order chi connectivity index (χ0) is 15.3. The van der Waals surface area contributed by atoms with Gasteiger partial charge >= 0.3 is 0 Å². The molecule has 1 aromatic rings. The van der Waals surface area contributed by atoms with E-state index in [1.807, 2.05) is 0 Å². The van der Waals surface area contributed by atoms with Crippen LogP contribution in [0.2, 0.25) is 0 Å². The van der Waals surface area contributed by atoms with Gasteiger partial charge in [0.1, 0.15) is 4.90 Å². The van der Waals surface area contributed by atoms with Crippen molar-refractivity contribution in [2.24, 2.45) is 5.14 Å². The zero-order valence-electron chi connectivity index (χ0n) is 10.7. The standard InChI is InChI=1S/C11H14F2N2O4S/c1-19-10-8(13)5-7(6-9(10)20(14,17)18)11(16)15-4-2-3-12/h5-6H,2-4H2,1H3,(H,15,16)(H2,14,17,18). The van der Waals surface area contributed by atoms with Gasteiger partial charge in [0.2, 0.25) is 10.0 Å². The van der Waals surface area contributed by atoms with Crippen molar-refractivity contribution >= 4 is 15.9 Å². The summed E-state index contributed by atoms with van der Waals surface area (Å²) in [5, 5.41) is 7.26. The number of hydrogen-bond acceptors (Lipinski definition) is 4. The molecule has 1 aromatic carbocycles. The molecule has 0 aliphatic rings. The van der Waals surface area contributed by atoms with Gasteiger partial charge in [0.05, 0.1) is 13.8 Å². The van der Waals surface area contributed by atoms with Crippen LogP contribution in [0.25, 0.3) is 0 Å². The monoisotopic (exact) mass is 308 g/mol. The van der Waals surface area contributed by atoms with E-state index in [1.54, 1.807) is 0 Å². The van der Waals surface area contributed by atoms with Crippen molar-refractivity contribution in [3.05, 3.63) is 23.5 Å². The molecule has 0 saturated carbocycles. The van der Waals surface area contributed by atoms with Crippen LogP contribution in [-0.2, 0) is 10.0 Å². The smallest absolute Gasteiger partial charge is 0.251 e. The van der Waals surface area contributed by atoms with Gasteiger partial charge in [0.15, 0.2) is 11.6 Å². The third kappa shape index (κ3) is 3.87. The van der Waals surface area contributed by atoms with Crippen LogP contribution >= 0.6 is 0 Å². The second-order valence-electron chi connectivity index (χ2n) is 3.83. The summed E-state index contributed by atoms with van der Waals surface area (Å²) < 4.78 is 52.9. The summed E-state index contributed by atoms with van der Waals surface area (Å²) in [7, 11) is -3.18. The van der Waals surface area contributed by atoms with Gasteiger partial charge in [-0.05, 0) is 18.6 Å². The van der Waals surface area contributed by atoms with E-state index in [1.165, 1.54) is 0 Å². The average Bonchev–Trinajstić information content (AvgIpc) is 2.36. The van der Waals surface area contributed by atoms with Gasteiger partial charge in [0, 0.05) is 12.1 Å². The van der Waals surface area contributed by atoms with Crippen molar-refractivity contribution in [1.82, 2.24) is 5.32 Å². The minimum Gasteiger partial charge on any atom is -0.492 e. The Bertz CT molecular complexity index is 605. The first-order valence-electron chi connectivity index (χ1n) is 5.55. The first kappa shape index (κ1) is 16.3. The number of rotatable bonds is 6. The predicted octanol–water partition coefficient (Wildman–Crippen LogP) is 0.571. The quantitative estimate of drug-likeness (QED) is 0.751. The lowest BCUT2D eigenvalue weighted by molar-refractivity contribution is 0.0952. The highest BCUT2D eigenvalue weighted by atomic mass is 32.2. The third-order valence-electron chi connectivity index (χ3n) is 2.38. The molecule has 0 atom stereocenters. The molecule has 3 N–H and O–H groups in total. The van der Waals surface area contributed by atoms with E-state index in [4.69, 9.17) is 5.14 Å². The van der Waals surface area contributed by atoms with Crippen molar-refractivity contribution in [2.45, 2.75) is 11.3 Å². The first-order chi connectivity index (χ1) is 9.31. The molecule has 9 heteroatoms. The number of carbonyl (C=O) groups is 1. The van der Waals surface area contributed by atoms with Crippen molar-refractivity contribution in [1.29, 1.82) is 0 Å². The summed E-state index contributed by atoms with van der Waals surface area (Å²) in [6, 6.07) is 1.72. The fourth-order valence-electron chi connectivity index (χ4n) is 1.48. The molecular formula is C11H14F2N2O4S. The highest BCUT2D eigenvalue weighted by molar-refractivity contribution is 7.89. The first-order valence-corrected chi connectivity index (χ1v) is 7.10. The minimum absolute atomic E-state index is 0.0493. The number of amides is 1. The van der Waals surface area contributed by atoms with Gasteiger partial charge in [0.25, 0.3) is 5.91 Å². The predicted molar refractivity (Wildman–Crippen MR) is 67.3 cm³/mol. The van der Waals surface area contributed by atoms with Crippen LogP contribution < -0.4 is 15.2 Å². The fraction of sp³-hybridized carbons (Fsp3) is 0.364. The Morgan fingerprint density at radius 1 is 1.45 bits per heavy atom. The number of halogens is 2. The molecule has 0 spiro atoms. The molecule has 1 rings (SSSR count). The Balaban J connectivity index is 3.18. The second kappa shape index (κ2) is 6.62. The van der Waals surface area contributed by atoms with E-state index in [9.17, 15) is 22.0 Å². The molecule has 0 saturated heterocycles. The summed E-state index contributed by atoms with van der Waals surface area (Å²) in [5.74, 6) is -2.33. The zero-order valence-corrected chi connectivity index (χ0v) is 11.5. The molecule has 0 aromatic heterocycles. The Morgan fingerprint density at radius 3 is 2.60 bits per heavy atom. The van der Waals surface area contributed by atoms with Crippen LogP contribution in [0.1, 0.15) is 16.8 Å². The maximum absolute atomic E-state index is 13.7. The van der Waals surface area contributed by atoms with Gasteiger partial charge < -0.3 is 10.1 Å². The molecule has 20 heavy (non-hydrogen) atoms. The van der Waals surface area contributed by atoms with Crippen LogP contribution in [0, 0.1) is 5.82 Å². The largest absolute Gasteiger partial charge is 0.492 e. The topological polar surface area (TPSA) is 98.5 Å². The molecule has 0 heterocycles. The molecular weight excluding hydrogens is 294 g/mol. The van der Waals surface area contributed by atoms with Crippen molar-refractivity contribution < 1.29 is 26.7 Å². The van der Waals surface area contributed by atoms with Crippen LogP contribution in [0.5, 0.6) is 5.75 Å². The molecule has 0 aliphatic heterocycles. The van der Waals surface area contributed by atoms with Gasteiger partial charge in [-0.3, -0.25) is 9.18 Å². The third-order valence-corrected chi connectivity index (χ3v) is 3.29. The number of methoxy groups -OCH3 is 1. The molecule has 0 aliphatic carbocycles. The van der Waals surface area contributed by atoms with Crippen LogP contribution in [0.15, 0.2) is 17.0 Å². The van der Waals surface area contributed by atoms with E-state index in [0.717, 1.165) is 19.2 Å². The van der Waals surface area contributed by atoms with Crippen molar-refractivity contribution in [3.63, 3.8) is 0 Å². The lowest BCUT2D eigenvalue weighted by Crippen LogP contribution is -2.25. The van der Waals surface area contributed by atoms with Crippen molar-refractivity contribution in [2.75, 3.05) is 20.3 Å². The summed E-state index contributed by atoms with van der Waals surface area (Å²) in [4.78, 5) is 11.0. The maximum atomic E-state index is 13.7. The Morgan fingerprint density at radius 2 is 2.10 bits per heavy atom. The maximum Gasteiger partial charge on any atom is 0.251 e. The molecule has 0 bridgehead atoms. The van der Waals surface area contributed by atoms with Crippen LogP contribution in [0.3, 0.4) is 0 Å². The fourth-order valence-corrected chi connectivity index (χ4v) is 2.21. The molecule has 1 amide bonds. The summed E-state index contributed by atoms with van der Waals surface area (Å²) in [6.45, 7) is -0.562. The Labute approximate surface area is 115 Å². The SMILES string of the molecule is COc1c(F)cc(C(=O)NCCCF)cc1S(N)(=O)=O. The molecule has 112 valence electrons. The summed E-state index contributed by atoms with van der Waals surface area (Å²) >= 11 is 0. The van der Waals surface area contributed by atoms with Crippen molar-refractivity contribution in [3.8, 4) is 5.75 Å². The molecule has 0 unspecified atom stereocenters. The van der Waals surface area contributed by atoms with E-state index in [2.05, 4.69) is 10.1 Å². The molecule has 0 fully saturated rings. The highest BCUT2D eigenvalue weighted by Crippen LogP contribution is 2.27. The lowest BCUT2D eigenvalue weighted by Gasteiger charge is -2.10. The van der Waals surface area contributed by atoms with E-state index < -0.39 is 39.1 Å². The van der Waals surface area contributed by atoms with Gasteiger partial charge in [-0.25, -0.2) is 17.9 Å².